The first-order chi connectivity index (χ1) is 11.6. The molecule has 0 saturated heterocycles. The van der Waals surface area contributed by atoms with Gasteiger partial charge >= 0.3 is 0 Å². The van der Waals surface area contributed by atoms with Gasteiger partial charge in [0.05, 0.1) is 0 Å². The van der Waals surface area contributed by atoms with Crippen molar-refractivity contribution in [2.24, 2.45) is 5.92 Å². The van der Waals surface area contributed by atoms with E-state index in [1.807, 2.05) is 18.2 Å². The van der Waals surface area contributed by atoms with Crippen LogP contribution in [0.3, 0.4) is 0 Å². The minimum absolute atomic E-state index is 0.0660. The van der Waals surface area contributed by atoms with Crippen LogP contribution in [0.1, 0.15) is 17.7 Å². The summed E-state index contributed by atoms with van der Waals surface area (Å²) in [4.78, 5) is 16.1. The number of nitrogens with zero attached hydrogens (tertiary/aromatic N) is 1. The van der Waals surface area contributed by atoms with Crippen LogP contribution in [-0.2, 0) is 17.6 Å². The highest BCUT2D eigenvalue weighted by Gasteiger charge is 2.12. The SMILES string of the molecule is O=C(CCc1ccc(F)cc1F)NCC(CO)Cc1ccccn1. The maximum Gasteiger partial charge on any atom is 0.220 e. The second-order valence-electron chi connectivity index (χ2n) is 5.61. The number of carbonyl (C=O) groups is 1. The van der Waals surface area contributed by atoms with Crippen LogP contribution in [0.15, 0.2) is 42.6 Å². The van der Waals surface area contributed by atoms with Crippen molar-refractivity contribution in [3.05, 3.63) is 65.5 Å². The first kappa shape index (κ1) is 18.0. The zero-order valence-corrected chi connectivity index (χ0v) is 13.2. The van der Waals surface area contributed by atoms with Gasteiger partial charge in [-0.3, -0.25) is 9.78 Å². The highest BCUT2D eigenvalue weighted by Crippen LogP contribution is 2.11. The van der Waals surface area contributed by atoms with Gasteiger partial charge in [0.25, 0.3) is 0 Å². The largest absolute Gasteiger partial charge is 0.396 e. The number of hydrogen-bond donors (Lipinski definition) is 2. The molecule has 1 aromatic carbocycles. The fourth-order valence-corrected chi connectivity index (χ4v) is 2.34. The van der Waals surface area contributed by atoms with Crippen LogP contribution in [0.25, 0.3) is 0 Å². The van der Waals surface area contributed by atoms with Gasteiger partial charge in [-0.15, -0.1) is 0 Å². The van der Waals surface area contributed by atoms with Gasteiger partial charge in [-0.2, -0.15) is 0 Å². The molecule has 2 aromatic rings. The number of nitrogens with one attached hydrogen (secondary N) is 1. The molecule has 1 heterocycles. The number of carbonyl (C=O) groups excluding carboxylic acids is 1. The predicted molar refractivity (Wildman–Crippen MR) is 86.2 cm³/mol. The molecule has 0 spiro atoms. The van der Waals surface area contributed by atoms with E-state index >= 15 is 0 Å². The zero-order chi connectivity index (χ0) is 17.4. The van der Waals surface area contributed by atoms with Gasteiger partial charge in [0.1, 0.15) is 11.6 Å². The number of aryl methyl sites for hydroxylation is 1. The van der Waals surface area contributed by atoms with E-state index in [0.717, 1.165) is 11.8 Å². The van der Waals surface area contributed by atoms with Crippen LogP contribution < -0.4 is 5.32 Å². The molecule has 0 aliphatic heterocycles. The summed E-state index contributed by atoms with van der Waals surface area (Å²) >= 11 is 0. The lowest BCUT2D eigenvalue weighted by Crippen LogP contribution is -2.32. The summed E-state index contributed by atoms with van der Waals surface area (Å²) in [6, 6.07) is 8.87. The highest BCUT2D eigenvalue weighted by molar-refractivity contribution is 5.76. The van der Waals surface area contributed by atoms with Gasteiger partial charge in [-0.1, -0.05) is 12.1 Å². The Labute approximate surface area is 139 Å². The lowest BCUT2D eigenvalue weighted by Gasteiger charge is -2.14. The number of aliphatic hydroxyl groups excluding tert-OH is 1. The summed E-state index contributed by atoms with van der Waals surface area (Å²) in [5.74, 6) is -1.66. The maximum atomic E-state index is 13.5. The Morgan fingerprint density at radius 2 is 2.08 bits per heavy atom. The van der Waals surface area contributed by atoms with Crippen LogP contribution in [0.4, 0.5) is 8.78 Å². The highest BCUT2D eigenvalue weighted by atomic mass is 19.1. The van der Waals surface area contributed by atoms with Crippen molar-refractivity contribution >= 4 is 5.91 Å². The maximum absolute atomic E-state index is 13.5. The summed E-state index contributed by atoms with van der Waals surface area (Å²) in [5.41, 5.74) is 1.15. The number of amides is 1. The van der Waals surface area contributed by atoms with Crippen LogP contribution in [0.2, 0.25) is 0 Å². The molecule has 1 unspecified atom stereocenters. The normalized spacial score (nSPS) is 12.0. The van der Waals surface area contributed by atoms with Crippen molar-refractivity contribution in [3.8, 4) is 0 Å². The molecule has 0 bridgehead atoms. The van der Waals surface area contributed by atoms with E-state index in [0.29, 0.717) is 18.5 Å². The van der Waals surface area contributed by atoms with Gasteiger partial charge in [0.15, 0.2) is 0 Å². The van der Waals surface area contributed by atoms with Crippen LogP contribution in [-0.4, -0.2) is 29.1 Å². The van der Waals surface area contributed by atoms with Gasteiger partial charge in [-0.05, 0) is 36.6 Å². The molecular formula is C18H20F2N2O2. The number of benzene rings is 1. The van der Waals surface area contributed by atoms with Crippen molar-refractivity contribution < 1.29 is 18.7 Å². The van der Waals surface area contributed by atoms with Gasteiger partial charge < -0.3 is 10.4 Å². The Bertz CT molecular complexity index is 665. The van der Waals surface area contributed by atoms with E-state index < -0.39 is 11.6 Å². The van der Waals surface area contributed by atoms with Crippen LogP contribution in [0.5, 0.6) is 0 Å². The Morgan fingerprint density at radius 3 is 2.75 bits per heavy atom. The smallest absolute Gasteiger partial charge is 0.220 e. The average molecular weight is 334 g/mol. The molecule has 6 heteroatoms. The number of aromatic nitrogens is 1. The van der Waals surface area contributed by atoms with E-state index in [9.17, 15) is 18.7 Å². The molecule has 2 rings (SSSR count). The van der Waals surface area contributed by atoms with Crippen molar-refractivity contribution in [2.75, 3.05) is 13.2 Å². The Morgan fingerprint density at radius 1 is 1.25 bits per heavy atom. The standard InChI is InChI=1S/C18H20F2N2O2/c19-15-6-4-14(17(20)10-15)5-7-18(24)22-11-13(12-23)9-16-3-1-2-8-21-16/h1-4,6,8,10,13,23H,5,7,9,11-12H2,(H,22,24). The quantitative estimate of drug-likeness (QED) is 0.778. The summed E-state index contributed by atoms with van der Waals surface area (Å²) in [6.07, 6.45) is 2.54. The molecule has 1 amide bonds. The zero-order valence-electron chi connectivity index (χ0n) is 13.2. The van der Waals surface area contributed by atoms with Gasteiger partial charge in [0, 0.05) is 43.4 Å². The van der Waals surface area contributed by atoms with Crippen LogP contribution >= 0.6 is 0 Å². The van der Waals surface area contributed by atoms with Gasteiger partial charge in [0.2, 0.25) is 5.91 Å². The first-order valence-corrected chi connectivity index (χ1v) is 7.80. The third kappa shape index (κ3) is 5.70. The molecule has 4 nitrogen and oxygen atoms in total. The number of halogens is 2. The second kappa shape index (κ2) is 9.08. The molecule has 0 aliphatic rings. The monoisotopic (exact) mass is 334 g/mol. The third-order valence-electron chi connectivity index (χ3n) is 3.71. The van der Waals surface area contributed by atoms with Crippen LogP contribution in [0, 0.1) is 17.6 Å². The van der Waals surface area contributed by atoms with Crippen molar-refractivity contribution in [1.29, 1.82) is 0 Å². The molecule has 128 valence electrons. The molecule has 0 fully saturated rings. The first-order valence-electron chi connectivity index (χ1n) is 7.80. The van der Waals surface area contributed by atoms with E-state index in [2.05, 4.69) is 10.3 Å². The molecule has 1 aromatic heterocycles. The number of aliphatic hydroxyl groups is 1. The molecule has 1 atom stereocenters. The lowest BCUT2D eigenvalue weighted by molar-refractivity contribution is -0.121. The minimum Gasteiger partial charge on any atom is -0.396 e. The predicted octanol–water partition coefficient (Wildman–Crippen LogP) is 2.26. The fourth-order valence-electron chi connectivity index (χ4n) is 2.34. The topological polar surface area (TPSA) is 62.2 Å². The molecule has 2 N–H and O–H groups in total. The summed E-state index contributed by atoms with van der Waals surface area (Å²) in [6.45, 7) is 0.251. The number of hydrogen-bond acceptors (Lipinski definition) is 3. The van der Waals surface area contributed by atoms with E-state index in [1.54, 1.807) is 6.20 Å². The molecular weight excluding hydrogens is 314 g/mol. The van der Waals surface area contributed by atoms with E-state index in [-0.39, 0.29) is 31.3 Å². The summed E-state index contributed by atoms with van der Waals surface area (Å²) < 4.78 is 26.3. The molecule has 0 saturated carbocycles. The molecule has 0 radical (unpaired) electrons. The Balaban J connectivity index is 1.77. The second-order valence-corrected chi connectivity index (χ2v) is 5.61. The fraction of sp³-hybridized carbons (Fsp3) is 0.333. The summed E-state index contributed by atoms with van der Waals surface area (Å²) in [7, 11) is 0. The van der Waals surface area contributed by atoms with Crippen molar-refractivity contribution in [1.82, 2.24) is 10.3 Å². The van der Waals surface area contributed by atoms with Crippen molar-refractivity contribution in [3.63, 3.8) is 0 Å². The average Bonchev–Trinajstić information content (AvgIpc) is 2.58. The Kier molecular flexibility index (Phi) is 6.81. The Hall–Kier alpha value is -2.34. The lowest BCUT2D eigenvalue weighted by atomic mass is 10.0. The van der Waals surface area contributed by atoms with Crippen molar-refractivity contribution in [2.45, 2.75) is 19.3 Å². The minimum atomic E-state index is -0.647. The molecule has 24 heavy (non-hydrogen) atoms. The van der Waals surface area contributed by atoms with E-state index in [4.69, 9.17) is 0 Å². The number of pyridine rings is 1. The van der Waals surface area contributed by atoms with E-state index in [1.165, 1.54) is 12.1 Å². The number of rotatable bonds is 8. The van der Waals surface area contributed by atoms with Gasteiger partial charge in [-0.25, -0.2) is 8.78 Å². The summed E-state index contributed by atoms with van der Waals surface area (Å²) in [5, 5.41) is 12.1. The third-order valence-corrected chi connectivity index (χ3v) is 3.71. The molecule has 0 aliphatic carbocycles.